The second kappa shape index (κ2) is 5.78. The molecule has 0 unspecified atom stereocenters. The average Bonchev–Trinajstić information content (AvgIpc) is 2.16. The number of nitrogens with zero attached hydrogens (tertiary/aromatic N) is 1. The molecule has 0 bridgehead atoms. The van der Waals surface area contributed by atoms with Crippen LogP contribution in [0.25, 0.3) is 0 Å². The van der Waals surface area contributed by atoms with Gasteiger partial charge in [0.1, 0.15) is 5.78 Å². The standard InChI is InChI=1S/C14H21NO/c1-10(2)5-12-6-13(9-15-8-12)7-14(16)11(3)4/h6,8-11H,5,7H2,1-4H3. The zero-order valence-corrected chi connectivity index (χ0v) is 10.7. The zero-order chi connectivity index (χ0) is 12.1. The highest BCUT2D eigenvalue weighted by Crippen LogP contribution is 2.11. The molecule has 0 aromatic carbocycles. The van der Waals surface area contributed by atoms with Crippen LogP contribution in [0.5, 0.6) is 0 Å². The SMILES string of the molecule is CC(C)Cc1cncc(CC(=O)C(C)C)c1. The topological polar surface area (TPSA) is 30.0 Å². The molecule has 0 amide bonds. The first-order valence-electron chi connectivity index (χ1n) is 5.94. The molecular formula is C14H21NO. The van der Waals surface area contributed by atoms with Gasteiger partial charge < -0.3 is 0 Å². The number of aromatic nitrogens is 1. The molecule has 2 heteroatoms. The van der Waals surface area contributed by atoms with Gasteiger partial charge in [0.25, 0.3) is 0 Å². The lowest BCUT2D eigenvalue weighted by atomic mass is 9.99. The van der Waals surface area contributed by atoms with Crippen molar-refractivity contribution in [3.63, 3.8) is 0 Å². The molecule has 0 N–H and O–H groups in total. The van der Waals surface area contributed by atoms with Crippen LogP contribution < -0.4 is 0 Å². The number of hydrogen-bond acceptors (Lipinski definition) is 2. The first-order valence-corrected chi connectivity index (χ1v) is 5.94. The molecule has 0 aliphatic rings. The third kappa shape index (κ3) is 4.13. The Bertz CT molecular complexity index is 356. The molecule has 16 heavy (non-hydrogen) atoms. The maximum absolute atomic E-state index is 11.6. The molecule has 0 aliphatic carbocycles. The highest BCUT2D eigenvalue weighted by Gasteiger charge is 2.09. The molecule has 88 valence electrons. The summed E-state index contributed by atoms with van der Waals surface area (Å²) < 4.78 is 0. The minimum Gasteiger partial charge on any atom is -0.299 e. The number of carbonyl (C=O) groups excluding carboxylic acids is 1. The predicted molar refractivity (Wildman–Crippen MR) is 66.3 cm³/mol. The van der Waals surface area contributed by atoms with E-state index in [0.717, 1.165) is 12.0 Å². The van der Waals surface area contributed by atoms with E-state index in [-0.39, 0.29) is 11.7 Å². The summed E-state index contributed by atoms with van der Waals surface area (Å²) in [5.41, 5.74) is 2.26. The summed E-state index contributed by atoms with van der Waals surface area (Å²) in [5, 5.41) is 0. The first-order chi connectivity index (χ1) is 7.49. The third-order valence-electron chi connectivity index (χ3n) is 2.52. The van der Waals surface area contributed by atoms with Gasteiger partial charge in [-0.05, 0) is 23.5 Å². The average molecular weight is 219 g/mol. The van der Waals surface area contributed by atoms with Gasteiger partial charge in [-0.1, -0.05) is 33.8 Å². The quantitative estimate of drug-likeness (QED) is 0.762. The van der Waals surface area contributed by atoms with Gasteiger partial charge in [-0.3, -0.25) is 9.78 Å². The van der Waals surface area contributed by atoms with E-state index in [1.807, 2.05) is 20.0 Å². The molecule has 0 saturated carbocycles. The van der Waals surface area contributed by atoms with Gasteiger partial charge in [0.15, 0.2) is 0 Å². The van der Waals surface area contributed by atoms with Crippen molar-refractivity contribution in [2.75, 3.05) is 0 Å². The molecule has 0 saturated heterocycles. The first kappa shape index (κ1) is 12.9. The van der Waals surface area contributed by atoms with Crippen molar-refractivity contribution >= 4 is 5.78 Å². The van der Waals surface area contributed by atoms with E-state index in [0.29, 0.717) is 12.3 Å². The molecule has 0 aliphatic heterocycles. The Balaban J connectivity index is 2.71. The van der Waals surface area contributed by atoms with Gasteiger partial charge in [0, 0.05) is 24.7 Å². The molecule has 1 rings (SSSR count). The summed E-state index contributed by atoms with van der Waals surface area (Å²) in [7, 11) is 0. The Kier molecular flexibility index (Phi) is 4.66. The normalized spacial score (nSPS) is 11.1. The molecular weight excluding hydrogens is 198 g/mol. The molecule has 1 heterocycles. The van der Waals surface area contributed by atoms with E-state index in [9.17, 15) is 4.79 Å². The van der Waals surface area contributed by atoms with Crippen molar-refractivity contribution in [1.82, 2.24) is 4.98 Å². The predicted octanol–water partition coefficient (Wildman–Crippen LogP) is 3.05. The molecule has 1 aromatic heterocycles. The highest BCUT2D eigenvalue weighted by molar-refractivity contribution is 5.82. The number of rotatable bonds is 5. The molecule has 1 aromatic rings. The van der Waals surface area contributed by atoms with E-state index in [2.05, 4.69) is 24.9 Å². The maximum atomic E-state index is 11.6. The van der Waals surface area contributed by atoms with Crippen LogP contribution in [0.3, 0.4) is 0 Å². The fourth-order valence-electron chi connectivity index (χ4n) is 1.63. The number of ketones is 1. The Hall–Kier alpha value is -1.18. The van der Waals surface area contributed by atoms with Crippen LogP contribution in [-0.2, 0) is 17.6 Å². The number of pyridine rings is 1. The van der Waals surface area contributed by atoms with Crippen LogP contribution in [0.2, 0.25) is 0 Å². The van der Waals surface area contributed by atoms with Crippen molar-refractivity contribution in [3.05, 3.63) is 29.6 Å². The lowest BCUT2D eigenvalue weighted by Crippen LogP contribution is -2.10. The molecule has 0 fully saturated rings. The van der Waals surface area contributed by atoms with Gasteiger partial charge in [-0.15, -0.1) is 0 Å². The van der Waals surface area contributed by atoms with Gasteiger partial charge in [0.2, 0.25) is 0 Å². The van der Waals surface area contributed by atoms with Crippen molar-refractivity contribution in [3.8, 4) is 0 Å². The largest absolute Gasteiger partial charge is 0.299 e. The minimum atomic E-state index is 0.105. The Morgan fingerprint density at radius 3 is 2.38 bits per heavy atom. The lowest BCUT2D eigenvalue weighted by molar-refractivity contribution is -0.121. The van der Waals surface area contributed by atoms with Crippen molar-refractivity contribution < 1.29 is 4.79 Å². The maximum Gasteiger partial charge on any atom is 0.139 e. The summed E-state index contributed by atoms with van der Waals surface area (Å²) >= 11 is 0. The van der Waals surface area contributed by atoms with E-state index >= 15 is 0 Å². The second-order valence-corrected chi connectivity index (χ2v) is 5.10. The van der Waals surface area contributed by atoms with Crippen LogP contribution >= 0.6 is 0 Å². The zero-order valence-electron chi connectivity index (χ0n) is 10.7. The summed E-state index contributed by atoms with van der Waals surface area (Å²) in [4.78, 5) is 15.8. The van der Waals surface area contributed by atoms with Crippen molar-refractivity contribution in [2.45, 2.75) is 40.5 Å². The highest BCUT2D eigenvalue weighted by atomic mass is 16.1. The van der Waals surface area contributed by atoms with Crippen LogP contribution in [0.1, 0.15) is 38.8 Å². The Morgan fingerprint density at radius 2 is 1.81 bits per heavy atom. The van der Waals surface area contributed by atoms with E-state index in [4.69, 9.17) is 0 Å². The van der Waals surface area contributed by atoms with E-state index < -0.39 is 0 Å². The molecule has 0 atom stereocenters. The fraction of sp³-hybridized carbons (Fsp3) is 0.571. The van der Waals surface area contributed by atoms with Gasteiger partial charge in [0.05, 0.1) is 0 Å². The Morgan fingerprint density at radius 1 is 1.19 bits per heavy atom. The summed E-state index contributed by atoms with van der Waals surface area (Å²) in [6, 6.07) is 2.10. The second-order valence-electron chi connectivity index (χ2n) is 5.10. The summed E-state index contributed by atoms with van der Waals surface area (Å²) in [5.74, 6) is 1.01. The lowest BCUT2D eigenvalue weighted by Gasteiger charge is -2.07. The van der Waals surface area contributed by atoms with Crippen LogP contribution in [0, 0.1) is 11.8 Å². The van der Waals surface area contributed by atoms with Gasteiger partial charge in [-0.2, -0.15) is 0 Å². The number of carbonyl (C=O) groups is 1. The van der Waals surface area contributed by atoms with Crippen LogP contribution in [0.15, 0.2) is 18.5 Å². The Labute approximate surface area is 98.1 Å². The molecule has 0 radical (unpaired) electrons. The fourth-order valence-corrected chi connectivity index (χ4v) is 1.63. The van der Waals surface area contributed by atoms with Crippen LogP contribution in [0.4, 0.5) is 0 Å². The third-order valence-corrected chi connectivity index (χ3v) is 2.52. The van der Waals surface area contributed by atoms with Gasteiger partial charge >= 0.3 is 0 Å². The van der Waals surface area contributed by atoms with Crippen LogP contribution in [-0.4, -0.2) is 10.8 Å². The summed E-state index contributed by atoms with van der Waals surface area (Å²) in [6.07, 6.45) is 5.22. The van der Waals surface area contributed by atoms with Crippen molar-refractivity contribution in [1.29, 1.82) is 0 Å². The van der Waals surface area contributed by atoms with Gasteiger partial charge in [-0.25, -0.2) is 0 Å². The number of Topliss-reactive ketones (excluding diaryl/α,β-unsaturated/α-hetero) is 1. The van der Waals surface area contributed by atoms with E-state index in [1.54, 1.807) is 6.20 Å². The minimum absolute atomic E-state index is 0.105. The monoisotopic (exact) mass is 219 g/mol. The smallest absolute Gasteiger partial charge is 0.139 e. The van der Waals surface area contributed by atoms with Crippen molar-refractivity contribution in [2.24, 2.45) is 11.8 Å². The van der Waals surface area contributed by atoms with E-state index in [1.165, 1.54) is 5.56 Å². The number of hydrogen-bond donors (Lipinski definition) is 0. The molecule has 2 nitrogen and oxygen atoms in total. The summed E-state index contributed by atoms with van der Waals surface area (Å²) in [6.45, 7) is 8.25. The molecule has 0 spiro atoms.